The smallest absolute Gasteiger partial charge is 0.306 e. The maximum Gasteiger partial charge on any atom is 0.306 e. The minimum Gasteiger partial charge on any atom is -0.465 e. The summed E-state index contributed by atoms with van der Waals surface area (Å²) in [4.78, 5) is 52.7. The van der Waals surface area contributed by atoms with Crippen molar-refractivity contribution in [2.24, 2.45) is 5.92 Å². The van der Waals surface area contributed by atoms with Crippen LogP contribution in [0.15, 0.2) is 12.2 Å². The molecule has 0 aromatic carbocycles. The summed E-state index contributed by atoms with van der Waals surface area (Å²) in [5.74, 6) is -1.59. The summed E-state index contributed by atoms with van der Waals surface area (Å²) >= 11 is 0. The molecule has 0 fully saturated rings. The van der Waals surface area contributed by atoms with Gasteiger partial charge in [-0.15, -0.1) is 0 Å². The summed E-state index contributed by atoms with van der Waals surface area (Å²) < 4.78 is 34.4. The highest BCUT2D eigenvalue weighted by Crippen LogP contribution is 2.15. The van der Waals surface area contributed by atoms with E-state index < -0.39 is 12.2 Å². The Bertz CT molecular complexity index is 1080. The molecule has 0 heterocycles. The Morgan fingerprint density at radius 3 is 1.28 bits per heavy atom. The van der Waals surface area contributed by atoms with Crippen LogP contribution >= 0.6 is 0 Å². The van der Waals surface area contributed by atoms with Crippen molar-refractivity contribution in [3.8, 4) is 0 Å². The summed E-state index contributed by atoms with van der Waals surface area (Å²) in [7, 11) is 0. The minimum absolute atomic E-state index is 0.00445. The third-order valence-corrected chi connectivity index (χ3v) is 11.6. The van der Waals surface area contributed by atoms with Crippen LogP contribution in [0.2, 0.25) is 0 Å². The van der Waals surface area contributed by atoms with E-state index in [1.807, 2.05) is 6.08 Å². The van der Waals surface area contributed by atoms with Gasteiger partial charge in [-0.2, -0.15) is 0 Å². The number of hydrogen-bond acceptors (Lipinski definition) is 11. The summed E-state index contributed by atoms with van der Waals surface area (Å²) in [5, 5.41) is 0. The van der Waals surface area contributed by atoms with E-state index in [1.165, 1.54) is 77.0 Å². The molecule has 0 aromatic heterocycles. The monoisotopic (exact) mass is 910 g/mol. The Hall–Kier alpha value is -2.50. The lowest BCUT2D eigenvalue weighted by Crippen LogP contribution is -2.27. The second-order valence-corrected chi connectivity index (χ2v) is 17.6. The van der Waals surface area contributed by atoms with Gasteiger partial charge in [0.25, 0.3) is 0 Å². The first kappa shape index (κ1) is 61.5. The van der Waals surface area contributed by atoms with E-state index in [1.54, 1.807) is 0 Å². The van der Waals surface area contributed by atoms with Gasteiger partial charge < -0.3 is 33.3 Å². The molecule has 0 aromatic rings. The van der Waals surface area contributed by atoms with Crippen LogP contribution in [0.3, 0.4) is 0 Å². The molecule has 11 nitrogen and oxygen atoms in total. The normalized spacial score (nSPS) is 12.0. The van der Waals surface area contributed by atoms with Crippen molar-refractivity contribution >= 4 is 23.9 Å². The van der Waals surface area contributed by atoms with Crippen molar-refractivity contribution in [3.05, 3.63) is 12.2 Å². The molecular formula is C53H99NO10. The highest BCUT2D eigenvalue weighted by atomic mass is 16.7. The predicted molar refractivity (Wildman–Crippen MR) is 260 cm³/mol. The molecule has 11 heteroatoms. The molecule has 376 valence electrons. The third-order valence-electron chi connectivity index (χ3n) is 11.6. The highest BCUT2D eigenvalue weighted by molar-refractivity contribution is 5.70. The summed E-state index contributed by atoms with van der Waals surface area (Å²) in [5.41, 5.74) is 0. The standard InChI is InChI=1S/C53H99NO10/c1-6-11-14-17-23-28-33-42-59-49(55)36-29-24-21-20-22-25-30-37-50(56)62-45-48(46-63-51(57)38-31-32-41-54(9-4)10-5)47-64-52(58)39-40-53(60-43-34-26-18-15-12-7-2)61-44-35-27-19-16-13-8-3/h28,33,48,53H,6-27,29-32,34-47H2,1-5H3/b33-28-. The van der Waals surface area contributed by atoms with E-state index in [0.29, 0.717) is 45.5 Å². The Kier molecular flexibility index (Phi) is 46.5. The second-order valence-electron chi connectivity index (χ2n) is 17.6. The fourth-order valence-corrected chi connectivity index (χ4v) is 7.29. The van der Waals surface area contributed by atoms with Gasteiger partial charge in [0.2, 0.25) is 0 Å². The van der Waals surface area contributed by atoms with Crippen LogP contribution in [-0.2, 0) is 47.6 Å². The van der Waals surface area contributed by atoms with Gasteiger partial charge in [-0.05, 0) is 71.0 Å². The van der Waals surface area contributed by atoms with Gasteiger partial charge in [0.15, 0.2) is 6.29 Å². The molecule has 0 aliphatic carbocycles. The zero-order valence-corrected chi connectivity index (χ0v) is 42.1. The third kappa shape index (κ3) is 43.4. The lowest BCUT2D eigenvalue weighted by atomic mass is 10.1. The summed E-state index contributed by atoms with van der Waals surface area (Å²) in [6, 6.07) is 0. The maximum atomic E-state index is 13.0. The number of unbranched alkanes of at least 4 members (excludes halogenated alkanes) is 21. The molecule has 0 saturated carbocycles. The van der Waals surface area contributed by atoms with Crippen molar-refractivity contribution < 1.29 is 47.6 Å². The molecule has 0 radical (unpaired) electrons. The SMILES string of the molecule is CCCCCC/C=C\COC(=O)CCCCCCCCCC(=O)OCC(COC(=O)CCCCN(CC)CC)COC(=O)CCC(OCCCCCCCC)OCCCCCCCC. The van der Waals surface area contributed by atoms with Gasteiger partial charge >= 0.3 is 23.9 Å². The molecular weight excluding hydrogens is 811 g/mol. The van der Waals surface area contributed by atoms with E-state index >= 15 is 0 Å². The lowest BCUT2D eigenvalue weighted by Gasteiger charge is -2.20. The van der Waals surface area contributed by atoms with E-state index in [4.69, 9.17) is 28.4 Å². The van der Waals surface area contributed by atoms with E-state index in [-0.39, 0.29) is 50.1 Å². The predicted octanol–water partition coefficient (Wildman–Crippen LogP) is 13.2. The molecule has 0 aliphatic rings. The average molecular weight is 910 g/mol. The molecule has 0 amide bonds. The fourth-order valence-electron chi connectivity index (χ4n) is 7.29. The Balaban J connectivity index is 4.77. The van der Waals surface area contributed by atoms with Gasteiger partial charge in [0.05, 0.1) is 12.3 Å². The molecule has 0 N–H and O–H groups in total. The summed E-state index contributed by atoms with van der Waals surface area (Å²) in [6.45, 7) is 15.4. The first-order chi connectivity index (χ1) is 31.3. The van der Waals surface area contributed by atoms with Crippen molar-refractivity contribution in [2.75, 3.05) is 59.3 Å². The number of esters is 4. The number of allylic oxidation sites excluding steroid dienone is 1. The van der Waals surface area contributed by atoms with Crippen LogP contribution < -0.4 is 0 Å². The Morgan fingerprint density at radius 2 is 0.812 bits per heavy atom. The lowest BCUT2D eigenvalue weighted by molar-refractivity contribution is -0.162. The zero-order chi connectivity index (χ0) is 47.0. The Labute approximate surface area is 392 Å². The van der Waals surface area contributed by atoms with Gasteiger partial charge in [0, 0.05) is 38.9 Å². The van der Waals surface area contributed by atoms with Gasteiger partial charge in [-0.3, -0.25) is 19.2 Å². The van der Waals surface area contributed by atoms with E-state index in [2.05, 4.69) is 45.6 Å². The number of hydrogen-bond donors (Lipinski definition) is 0. The molecule has 0 aliphatic heterocycles. The highest BCUT2D eigenvalue weighted by Gasteiger charge is 2.19. The van der Waals surface area contributed by atoms with Gasteiger partial charge in [-0.1, -0.05) is 162 Å². The maximum absolute atomic E-state index is 13.0. The van der Waals surface area contributed by atoms with Crippen LogP contribution in [-0.4, -0.2) is 94.3 Å². The number of nitrogens with zero attached hydrogens (tertiary/aromatic N) is 1. The topological polar surface area (TPSA) is 127 Å². The van der Waals surface area contributed by atoms with Crippen LogP contribution in [0.25, 0.3) is 0 Å². The minimum atomic E-state index is -0.467. The number of carbonyl (C=O) groups is 4. The van der Waals surface area contributed by atoms with Crippen LogP contribution in [0.4, 0.5) is 0 Å². The van der Waals surface area contributed by atoms with Crippen molar-refractivity contribution in [1.29, 1.82) is 0 Å². The number of carbonyl (C=O) groups excluding carboxylic acids is 4. The first-order valence-corrected chi connectivity index (χ1v) is 26.5. The fraction of sp³-hybridized carbons (Fsp3) is 0.887. The van der Waals surface area contributed by atoms with E-state index in [0.717, 1.165) is 110 Å². The van der Waals surface area contributed by atoms with Crippen LogP contribution in [0, 0.1) is 5.92 Å². The first-order valence-electron chi connectivity index (χ1n) is 26.5. The van der Waals surface area contributed by atoms with Crippen LogP contribution in [0.5, 0.6) is 0 Å². The molecule has 1 atom stereocenters. The molecule has 0 bridgehead atoms. The van der Waals surface area contributed by atoms with Crippen LogP contribution in [0.1, 0.15) is 234 Å². The van der Waals surface area contributed by atoms with E-state index in [9.17, 15) is 19.2 Å². The van der Waals surface area contributed by atoms with Crippen molar-refractivity contribution in [2.45, 2.75) is 240 Å². The molecule has 0 saturated heterocycles. The second kappa shape index (κ2) is 48.4. The largest absolute Gasteiger partial charge is 0.465 e. The van der Waals surface area contributed by atoms with Crippen molar-refractivity contribution in [3.63, 3.8) is 0 Å². The molecule has 0 spiro atoms. The average Bonchev–Trinajstić information content (AvgIpc) is 3.29. The van der Waals surface area contributed by atoms with Crippen molar-refractivity contribution in [1.82, 2.24) is 4.90 Å². The number of rotatable bonds is 49. The molecule has 1 unspecified atom stereocenters. The molecule has 0 rings (SSSR count). The Morgan fingerprint density at radius 1 is 0.422 bits per heavy atom. The van der Waals surface area contributed by atoms with Gasteiger partial charge in [0.1, 0.15) is 26.4 Å². The summed E-state index contributed by atoms with van der Waals surface area (Å²) in [6.07, 6.45) is 33.5. The van der Waals surface area contributed by atoms with Gasteiger partial charge in [-0.25, -0.2) is 0 Å². The number of ether oxygens (including phenoxy) is 6. The molecule has 64 heavy (non-hydrogen) atoms. The quantitative estimate of drug-likeness (QED) is 0.0190. The zero-order valence-electron chi connectivity index (χ0n) is 42.1.